The summed E-state index contributed by atoms with van der Waals surface area (Å²) in [5.41, 5.74) is 0.811. The molecule has 2 aliphatic rings. The van der Waals surface area contributed by atoms with Crippen LogP contribution in [0, 0.1) is 0 Å². The zero-order valence-electron chi connectivity index (χ0n) is 14.0. The Kier molecular flexibility index (Phi) is 4.89. The van der Waals surface area contributed by atoms with Gasteiger partial charge >= 0.3 is 0 Å². The molecular formula is C17H22N6OS. The first-order chi connectivity index (χ1) is 12.3. The van der Waals surface area contributed by atoms with Gasteiger partial charge in [0.15, 0.2) is 0 Å². The minimum atomic E-state index is 0.00134. The van der Waals surface area contributed by atoms with Crippen molar-refractivity contribution in [3.63, 3.8) is 0 Å². The van der Waals surface area contributed by atoms with Crippen molar-refractivity contribution >= 4 is 34.5 Å². The number of H-pyrrole nitrogens is 1. The number of nitrogens with zero attached hydrogens (tertiary/aromatic N) is 3. The Balaban J connectivity index is 1.46. The molecule has 0 bridgehead atoms. The molecule has 0 saturated carbocycles. The van der Waals surface area contributed by atoms with Crippen LogP contribution >= 0.6 is 11.8 Å². The maximum absolute atomic E-state index is 12.5. The van der Waals surface area contributed by atoms with Gasteiger partial charge in [0, 0.05) is 37.3 Å². The lowest BCUT2D eigenvalue weighted by molar-refractivity contribution is -0.116. The van der Waals surface area contributed by atoms with E-state index in [1.54, 1.807) is 18.1 Å². The second-order valence-electron chi connectivity index (χ2n) is 6.33. The highest BCUT2D eigenvalue weighted by molar-refractivity contribution is 8.04. The van der Waals surface area contributed by atoms with Gasteiger partial charge < -0.3 is 20.5 Å². The van der Waals surface area contributed by atoms with Crippen molar-refractivity contribution in [2.75, 3.05) is 30.3 Å². The van der Waals surface area contributed by atoms with Crippen molar-refractivity contribution in [2.24, 2.45) is 0 Å². The van der Waals surface area contributed by atoms with Crippen molar-refractivity contribution < 1.29 is 4.79 Å². The highest BCUT2D eigenvalue weighted by Crippen LogP contribution is 2.28. The number of hydrogen-bond donors (Lipinski definition) is 3. The van der Waals surface area contributed by atoms with Crippen LogP contribution in [0.1, 0.15) is 19.3 Å². The van der Waals surface area contributed by atoms with E-state index < -0.39 is 0 Å². The van der Waals surface area contributed by atoms with E-state index in [-0.39, 0.29) is 5.91 Å². The standard InChI is InChI=1S/C17H22N6OS/c24-17(20-9-12-3-1-2-5-18-12)14-10-23(7-8-25-14)16-13-4-6-19-15(13)21-11-22-16/h4,6,10-12,18H,1-3,5,7-9H2,(H,20,24)(H,19,21,22)/t12-/m1/s1. The molecular weight excluding hydrogens is 336 g/mol. The van der Waals surface area contributed by atoms with Gasteiger partial charge in [-0.2, -0.15) is 0 Å². The third-order valence-electron chi connectivity index (χ3n) is 4.61. The molecule has 3 N–H and O–H groups in total. The normalized spacial score (nSPS) is 21.2. The van der Waals surface area contributed by atoms with Crippen LogP contribution in [0.3, 0.4) is 0 Å². The molecule has 2 aliphatic heterocycles. The summed E-state index contributed by atoms with van der Waals surface area (Å²) in [5.74, 6) is 1.70. The number of thioether (sulfide) groups is 1. The van der Waals surface area contributed by atoms with Crippen molar-refractivity contribution in [3.05, 3.63) is 29.7 Å². The molecule has 1 saturated heterocycles. The Labute approximate surface area is 150 Å². The van der Waals surface area contributed by atoms with Crippen molar-refractivity contribution in [3.8, 4) is 0 Å². The zero-order valence-corrected chi connectivity index (χ0v) is 14.8. The Morgan fingerprint density at radius 2 is 2.36 bits per heavy atom. The number of aromatic nitrogens is 3. The fraction of sp³-hybridized carbons (Fsp3) is 0.471. The number of carbonyl (C=O) groups excluding carboxylic acids is 1. The van der Waals surface area contributed by atoms with E-state index in [0.717, 1.165) is 47.0 Å². The molecule has 1 amide bonds. The van der Waals surface area contributed by atoms with Gasteiger partial charge in [-0.15, -0.1) is 11.8 Å². The number of amides is 1. The van der Waals surface area contributed by atoms with Crippen LogP contribution in [-0.4, -0.2) is 52.3 Å². The van der Waals surface area contributed by atoms with E-state index >= 15 is 0 Å². The van der Waals surface area contributed by atoms with Gasteiger partial charge in [-0.1, -0.05) is 6.42 Å². The Hall–Kier alpha value is -2.06. The number of aromatic amines is 1. The smallest absolute Gasteiger partial charge is 0.259 e. The molecule has 0 radical (unpaired) electrons. The SMILES string of the molecule is O=C(NC[C@H]1CCCCN1)C1=CN(c2ncnc3[nH]ccc23)CCS1. The lowest BCUT2D eigenvalue weighted by atomic mass is 10.1. The van der Waals surface area contributed by atoms with Gasteiger partial charge in [0.05, 0.1) is 10.3 Å². The summed E-state index contributed by atoms with van der Waals surface area (Å²) < 4.78 is 0. The van der Waals surface area contributed by atoms with Gasteiger partial charge in [-0.3, -0.25) is 4.79 Å². The maximum atomic E-state index is 12.5. The molecule has 25 heavy (non-hydrogen) atoms. The molecule has 132 valence electrons. The summed E-state index contributed by atoms with van der Waals surface area (Å²) in [6.07, 6.45) is 8.91. The minimum absolute atomic E-state index is 0.00134. The van der Waals surface area contributed by atoms with Crippen LogP contribution in [0.25, 0.3) is 11.0 Å². The third-order valence-corrected chi connectivity index (χ3v) is 5.60. The van der Waals surface area contributed by atoms with E-state index in [0.29, 0.717) is 12.6 Å². The predicted molar refractivity (Wildman–Crippen MR) is 100 cm³/mol. The van der Waals surface area contributed by atoms with Crippen molar-refractivity contribution in [2.45, 2.75) is 25.3 Å². The molecule has 4 rings (SSSR count). The van der Waals surface area contributed by atoms with Crippen LogP contribution in [0.5, 0.6) is 0 Å². The number of fused-ring (bicyclic) bond motifs is 1. The molecule has 0 spiro atoms. The number of nitrogens with one attached hydrogen (secondary N) is 3. The first kappa shape index (κ1) is 16.4. The predicted octanol–water partition coefficient (Wildman–Crippen LogP) is 1.61. The fourth-order valence-corrected chi connectivity index (χ4v) is 4.19. The maximum Gasteiger partial charge on any atom is 0.259 e. The summed E-state index contributed by atoms with van der Waals surface area (Å²) in [7, 11) is 0. The van der Waals surface area contributed by atoms with Gasteiger partial charge in [0.25, 0.3) is 5.91 Å². The first-order valence-electron chi connectivity index (χ1n) is 8.72. The van der Waals surface area contributed by atoms with Crippen molar-refractivity contribution in [1.82, 2.24) is 25.6 Å². The summed E-state index contributed by atoms with van der Waals surface area (Å²) in [5, 5.41) is 7.50. The monoisotopic (exact) mass is 358 g/mol. The van der Waals surface area contributed by atoms with E-state index in [1.807, 2.05) is 23.4 Å². The number of hydrogen-bond acceptors (Lipinski definition) is 6. The van der Waals surface area contributed by atoms with E-state index in [2.05, 4.69) is 25.6 Å². The molecule has 2 aromatic heterocycles. The van der Waals surface area contributed by atoms with Crippen LogP contribution in [0.15, 0.2) is 29.7 Å². The summed E-state index contributed by atoms with van der Waals surface area (Å²) in [4.78, 5) is 27.1. The van der Waals surface area contributed by atoms with Crippen LogP contribution in [0.4, 0.5) is 5.82 Å². The van der Waals surface area contributed by atoms with Crippen LogP contribution in [-0.2, 0) is 4.79 Å². The Morgan fingerprint density at radius 3 is 3.24 bits per heavy atom. The topological polar surface area (TPSA) is 85.9 Å². The molecule has 4 heterocycles. The molecule has 0 unspecified atom stereocenters. The zero-order chi connectivity index (χ0) is 17.1. The Bertz CT molecular complexity index is 782. The quantitative estimate of drug-likeness (QED) is 0.770. The average molecular weight is 358 g/mol. The molecule has 1 fully saturated rings. The molecule has 8 heteroatoms. The highest BCUT2D eigenvalue weighted by atomic mass is 32.2. The number of anilines is 1. The highest BCUT2D eigenvalue weighted by Gasteiger charge is 2.21. The Morgan fingerprint density at radius 1 is 1.40 bits per heavy atom. The van der Waals surface area contributed by atoms with E-state index in [9.17, 15) is 4.79 Å². The van der Waals surface area contributed by atoms with Gasteiger partial charge in [-0.25, -0.2) is 9.97 Å². The van der Waals surface area contributed by atoms with Crippen LogP contribution in [0.2, 0.25) is 0 Å². The lowest BCUT2D eigenvalue weighted by Gasteiger charge is -2.27. The lowest BCUT2D eigenvalue weighted by Crippen LogP contribution is -2.44. The summed E-state index contributed by atoms with van der Waals surface area (Å²) >= 11 is 1.60. The number of piperidine rings is 1. The molecule has 0 aliphatic carbocycles. The summed E-state index contributed by atoms with van der Waals surface area (Å²) in [6, 6.07) is 2.36. The molecule has 2 aromatic rings. The fourth-order valence-electron chi connectivity index (χ4n) is 3.28. The molecule has 1 atom stereocenters. The van der Waals surface area contributed by atoms with E-state index in [4.69, 9.17) is 0 Å². The first-order valence-corrected chi connectivity index (χ1v) is 9.71. The van der Waals surface area contributed by atoms with E-state index in [1.165, 1.54) is 12.8 Å². The van der Waals surface area contributed by atoms with Gasteiger partial charge in [0.1, 0.15) is 17.8 Å². The van der Waals surface area contributed by atoms with Gasteiger partial charge in [-0.05, 0) is 25.5 Å². The van der Waals surface area contributed by atoms with Gasteiger partial charge in [0.2, 0.25) is 0 Å². The average Bonchev–Trinajstić information content (AvgIpc) is 3.16. The largest absolute Gasteiger partial charge is 0.350 e. The number of rotatable bonds is 4. The van der Waals surface area contributed by atoms with Crippen molar-refractivity contribution in [1.29, 1.82) is 0 Å². The summed E-state index contributed by atoms with van der Waals surface area (Å²) in [6.45, 7) is 2.56. The second kappa shape index (κ2) is 7.45. The third kappa shape index (κ3) is 3.64. The molecule has 0 aromatic carbocycles. The molecule has 7 nitrogen and oxygen atoms in total. The number of carbonyl (C=O) groups is 1. The van der Waals surface area contributed by atoms with Crippen LogP contribution < -0.4 is 15.5 Å². The second-order valence-corrected chi connectivity index (χ2v) is 7.47. The minimum Gasteiger partial charge on any atom is -0.350 e.